The van der Waals surface area contributed by atoms with Crippen LogP contribution in [0.15, 0.2) is 113 Å². The van der Waals surface area contributed by atoms with E-state index in [0.29, 0.717) is 21.9 Å². The predicted octanol–water partition coefficient (Wildman–Crippen LogP) is 7.46. The van der Waals surface area contributed by atoms with Crippen molar-refractivity contribution in [2.24, 2.45) is 4.99 Å². The van der Waals surface area contributed by atoms with E-state index in [-0.39, 0.29) is 5.91 Å². The molecule has 0 aromatic heterocycles. The molecule has 0 bridgehead atoms. The minimum atomic E-state index is -0.0996. The van der Waals surface area contributed by atoms with Gasteiger partial charge in [-0.25, -0.2) is 4.99 Å². The minimum absolute atomic E-state index is 0.0996. The van der Waals surface area contributed by atoms with Crippen molar-refractivity contribution in [3.05, 3.63) is 136 Å². The number of anilines is 1. The molecule has 0 saturated carbocycles. The van der Waals surface area contributed by atoms with Crippen LogP contribution in [-0.2, 0) is 4.79 Å². The summed E-state index contributed by atoms with van der Waals surface area (Å²) in [5.74, 6) is 0.549. The van der Waals surface area contributed by atoms with Crippen molar-refractivity contribution < 1.29 is 4.79 Å². The largest absolute Gasteiger partial charge is 0.371 e. The monoisotopic (exact) mass is 527 g/mol. The third-order valence-corrected chi connectivity index (χ3v) is 8.89. The van der Waals surface area contributed by atoms with Crippen LogP contribution in [0.25, 0.3) is 6.08 Å². The summed E-state index contributed by atoms with van der Waals surface area (Å²) < 4.78 is 0. The van der Waals surface area contributed by atoms with Crippen LogP contribution in [-0.4, -0.2) is 24.2 Å². The molecular formula is C34H29N3OS. The van der Waals surface area contributed by atoms with Gasteiger partial charge >= 0.3 is 0 Å². The van der Waals surface area contributed by atoms with Crippen LogP contribution in [0.3, 0.4) is 0 Å². The summed E-state index contributed by atoms with van der Waals surface area (Å²) >= 11 is 1.41. The van der Waals surface area contributed by atoms with Crippen LogP contribution in [0, 0.1) is 0 Å². The van der Waals surface area contributed by atoms with Gasteiger partial charge in [-0.05, 0) is 70.6 Å². The molecule has 5 heteroatoms. The van der Waals surface area contributed by atoms with Crippen LogP contribution < -0.4 is 10.2 Å². The van der Waals surface area contributed by atoms with E-state index in [4.69, 9.17) is 4.99 Å². The Labute approximate surface area is 233 Å². The van der Waals surface area contributed by atoms with Gasteiger partial charge in [0.15, 0.2) is 5.17 Å². The number of amides is 1. The molecule has 3 aliphatic rings. The van der Waals surface area contributed by atoms with Gasteiger partial charge in [0.1, 0.15) is 0 Å². The lowest BCUT2D eigenvalue weighted by Gasteiger charge is -2.43. The fourth-order valence-corrected chi connectivity index (χ4v) is 7.04. The SMILES string of the molecule is O=C1NC(=Nc2cc3c4c(c2)[C@@H](c2ccccc2)CCN4CC[C@@H]3c2ccccc2)S/C1=C\c1ccccc1. The van der Waals surface area contributed by atoms with Crippen LogP contribution in [0.2, 0.25) is 0 Å². The molecule has 1 fully saturated rings. The maximum Gasteiger partial charge on any atom is 0.264 e. The van der Waals surface area contributed by atoms with Crippen molar-refractivity contribution in [3.8, 4) is 0 Å². The molecule has 3 heterocycles. The summed E-state index contributed by atoms with van der Waals surface area (Å²) in [5, 5.41) is 3.62. The molecule has 4 nitrogen and oxygen atoms in total. The maximum absolute atomic E-state index is 12.8. The number of carbonyl (C=O) groups excluding carboxylic acids is 1. The highest BCUT2D eigenvalue weighted by Crippen LogP contribution is 2.50. The van der Waals surface area contributed by atoms with E-state index in [2.05, 4.69) is 83.0 Å². The second-order valence-corrected chi connectivity index (χ2v) is 11.4. The van der Waals surface area contributed by atoms with E-state index in [1.165, 1.54) is 39.7 Å². The Morgan fingerprint density at radius 1 is 0.769 bits per heavy atom. The van der Waals surface area contributed by atoms with Gasteiger partial charge in [0, 0.05) is 30.6 Å². The Kier molecular flexibility index (Phi) is 6.29. The van der Waals surface area contributed by atoms with Gasteiger partial charge in [-0.3, -0.25) is 4.79 Å². The first-order valence-electron chi connectivity index (χ1n) is 13.6. The van der Waals surface area contributed by atoms with E-state index in [0.717, 1.165) is 37.2 Å². The summed E-state index contributed by atoms with van der Waals surface area (Å²) in [6.07, 6.45) is 4.09. The lowest BCUT2D eigenvalue weighted by Crippen LogP contribution is -2.37. The molecule has 0 aliphatic carbocycles. The van der Waals surface area contributed by atoms with Crippen molar-refractivity contribution in [2.75, 3.05) is 18.0 Å². The Morgan fingerprint density at radius 2 is 1.31 bits per heavy atom. The highest BCUT2D eigenvalue weighted by molar-refractivity contribution is 8.18. The normalized spacial score (nSPS) is 22.2. The van der Waals surface area contributed by atoms with Crippen LogP contribution in [0.5, 0.6) is 0 Å². The number of aliphatic imine (C=N–C) groups is 1. The first-order chi connectivity index (χ1) is 19.2. The number of nitrogens with zero attached hydrogens (tertiary/aromatic N) is 2. The number of rotatable bonds is 4. The quantitative estimate of drug-likeness (QED) is 0.280. The van der Waals surface area contributed by atoms with E-state index in [1.54, 1.807) is 0 Å². The first-order valence-corrected chi connectivity index (χ1v) is 14.4. The Bertz CT molecular complexity index is 1510. The second kappa shape index (κ2) is 10.2. The summed E-state index contributed by atoms with van der Waals surface area (Å²) in [6.45, 7) is 2.13. The topological polar surface area (TPSA) is 44.7 Å². The maximum atomic E-state index is 12.8. The molecule has 4 aromatic carbocycles. The molecule has 1 saturated heterocycles. The van der Waals surface area contributed by atoms with Crippen molar-refractivity contribution >= 4 is 40.3 Å². The molecule has 1 N–H and O–H groups in total. The van der Waals surface area contributed by atoms with Gasteiger partial charge in [0.25, 0.3) is 5.91 Å². The number of hydrogen-bond donors (Lipinski definition) is 1. The van der Waals surface area contributed by atoms with Gasteiger partial charge in [-0.2, -0.15) is 0 Å². The highest BCUT2D eigenvalue weighted by Gasteiger charge is 2.35. The molecule has 39 heavy (non-hydrogen) atoms. The van der Waals surface area contributed by atoms with Crippen LogP contribution >= 0.6 is 11.8 Å². The fraction of sp³-hybridized carbons (Fsp3) is 0.176. The van der Waals surface area contributed by atoms with Gasteiger partial charge < -0.3 is 10.2 Å². The number of benzene rings is 4. The number of amidine groups is 1. The summed E-state index contributed by atoms with van der Waals surface area (Å²) in [5.41, 5.74) is 8.68. The molecule has 192 valence electrons. The third-order valence-electron chi connectivity index (χ3n) is 7.98. The van der Waals surface area contributed by atoms with Crippen molar-refractivity contribution in [1.82, 2.24) is 5.32 Å². The molecule has 1 amide bonds. The zero-order valence-electron chi connectivity index (χ0n) is 21.6. The zero-order chi connectivity index (χ0) is 26.2. The average Bonchev–Trinajstić information content (AvgIpc) is 3.32. The molecule has 3 aliphatic heterocycles. The lowest BCUT2D eigenvalue weighted by molar-refractivity contribution is -0.115. The van der Waals surface area contributed by atoms with Crippen LogP contribution in [0.4, 0.5) is 11.4 Å². The molecule has 4 aromatic rings. The number of nitrogens with one attached hydrogen (secondary N) is 1. The summed E-state index contributed by atoms with van der Waals surface area (Å²) in [7, 11) is 0. The first kappa shape index (κ1) is 24.0. The van der Waals surface area contributed by atoms with Crippen LogP contribution in [0.1, 0.15) is 52.5 Å². The highest BCUT2D eigenvalue weighted by atomic mass is 32.2. The Balaban J connectivity index is 1.33. The molecule has 0 radical (unpaired) electrons. The van der Waals surface area contributed by atoms with E-state index in [1.807, 2.05) is 36.4 Å². The van der Waals surface area contributed by atoms with Crippen molar-refractivity contribution in [1.29, 1.82) is 0 Å². The summed E-state index contributed by atoms with van der Waals surface area (Å²) in [6, 6.07) is 36.2. The zero-order valence-corrected chi connectivity index (χ0v) is 22.4. The average molecular weight is 528 g/mol. The van der Waals surface area contributed by atoms with E-state index < -0.39 is 0 Å². The van der Waals surface area contributed by atoms with E-state index in [9.17, 15) is 4.79 Å². The Morgan fingerprint density at radius 3 is 1.87 bits per heavy atom. The number of thioether (sulfide) groups is 1. The fourth-order valence-electron chi connectivity index (χ4n) is 6.20. The number of carbonyl (C=O) groups is 1. The predicted molar refractivity (Wildman–Crippen MR) is 162 cm³/mol. The molecule has 0 spiro atoms. The van der Waals surface area contributed by atoms with Gasteiger partial charge in [0.05, 0.1) is 10.6 Å². The van der Waals surface area contributed by atoms with E-state index >= 15 is 0 Å². The van der Waals surface area contributed by atoms with Crippen molar-refractivity contribution in [2.45, 2.75) is 24.7 Å². The Hall–Kier alpha value is -4.09. The lowest BCUT2D eigenvalue weighted by atomic mass is 9.76. The number of hydrogen-bond acceptors (Lipinski definition) is 4. The smallest absolute Gasteiger partial charge is 0.264 e. The molecule has 2 atom stereocenters. The standard InChI is InChI=1S/C34H29N3OS/c38-33-31(20-23-10-4-1-5-11-23)39-34(36-33)35-26-21-29-27(24-12-6-2-7-13-24)16-18-37-19-17-28(30(22-26)32(29)37)25-14-8-3-9-15-25/h1-15,20-22,27-28H,16-19H2,(H,35,36,38)/b31-20-/t27-,28-/m1/s1. The minimum Gasteiger partial charge on any atom is -0.371 e. The van der Waals surface area contributed by atoms with Gasteiger partial charge in [0.2, 0.25) is 0 Å². The molecular weight excluding hydrogens is 498 g/mol. The summed E-state index contributed by atoms with van der Waals surface area (Å²) in [4.78, 5) is 21.0. The van der Waals surface area contributed by atoms with Crippen molar-refractivity contribution in [3.63, 3.8) is 0 Å². The molecule has 7 rings (SSSR count). The molecule has 0 unspecified atom stereocenters. The van der Waals surface area contributed by atoms with Gasteiger partial charge in [-0.1, -0.05) is 91.0 Å². The third kappa shape index (κ3) is 4.68. The van der Waals surface area contributed by atoms with Gasteiger partial charge in [-0.15, -0.1) is 0 Å². The second-order valence-electron chi connectivity index (χ2n) is 10.4.